The monoisotopic (exact) mass is 348 g/mol. The van der Waals surface area contributed by atoms with E-state index in [4.69, 9.17) is 0 Å². The topological polar surface area (TPSA) is 66.5 Å². The number of unbranched alkanes of at least 4 members (excludes halogenated alkanes) is 1. The number of fused-ring (bicyclic) bond motifs is 1. The van der Waals surface area contributed by atoms with Gasteiger partial charge in [-0.3, -0.25) is 4.79 Å². The van der Waals surface area contributed by atoms with E-state index in [0.717, 1.165) is 23.6 Å². The van der Waals surface area contributed by atoms with Gasteiger partial charge in [-0.15, -0.1) is 0 Å². The predicted octanol–water partition coefficient (Wildman–Crippen LogP) is 2.77. The minimum absolute atomic E-state index is 0.157. The van der Waals surface area contributed by atoms with Gasteiger partial charge in [-0.05, 0) is 29.3 Å². The maximum absolute atomic E-state index is 12.8. The van der Waals surface area contributed by atoms with Gasteiger partial charge in [0.1, 0.15) is 0 Å². The highest BCUT2D eigenvalue weighted by atomic mass is 32.2. The highest BCUT2D eigenvalue weighted by molar-refractivity contribution is 7.89. The van der Waals surface area contributed by atoms with Crippen LogP contribution in [-0.2, 0) is 14.8 Å². The molecule has 0 aliphatic rings. The van der Waals surface area contributed by atoms with E-state index in [9.17, 15) is 13.2 Å². The summed E-state index contributed by atoms with van der Waals surface area (Å²) in [6.07, 6.45) is 1.86. The third-order valence-electron chi connectivity index (χ3n) is 3.88. The van der Waals surface area contributed by atoms with Gasteiger partial charge in [0.15, 0.2) is 0 Å². The van der Waals surface area contributed by atoms with Crippen molar-refractivity contribution in [3.05, 3.63) is 42.5 Å². The molecule has 0 unspecified atom stereocenters. The van der Waals surface area contributed by atoms with Gasteiger partial charge >= 0.3 is 0 Å². The number of amides is 1. The molecule has 2 rings (SSSR count). The highest BCUT2D eigenvalue weighted by Gasteiger charge is 2.25. The fourth-order valence-electron chi connectivity index (χ4n) is 2.46. The Labute approximate surface area is 143 Å². The Morgan fingerprint density at radius 1 is 1.08 bits per heavy atom. The van der Waals surface area contributed by atoms with Gasteiger partial charge in [0, 0.05) is 13.1 Å². The second kappa shape index (κ2) is 8.26. The zero-order valence-electron chi connectivity index (χ0n) is 14.2. The van der Waals surface area contributed by atoms with E-state index in [2.05, 4.69) is 5.32 Å². The number of carbonyl (C=O) groups excluding carboxylic acids is 1. The van der Waals surface area contributed by atoms with Gasteiger partial charge in [-0.25, -0.2) is 8.42 Å². The van der Waals surface area contributed by atoms with E-state index < -0.39 is 10.0 Å². The minimum atomic E-state index is -3.70. The van der Waals surface area contributed by atoms with Crippen LogP contribution in [0.25, 0.3) is 10.8 Å². The lowest BCUT2D eigenvalue weighted by atomic mass is 10.1. The number of likely N-dealkylation sites (N-methyl/N-ethyl adjacent to an activating group) is 1. The molecule has 0 saturated heterocycles. The summed E-state index contributed by atoms with van der Waals surface area (Å²) in [7, 11) is -3.70. The molecule has 1 N–H and O–H groups in total. The summed E-state index contributed by atoms with van der Waals surface area (Å²) in [5.41, 5.74) is 0. The van der Waals surface area contributed by atoms with Crippen molar-refractivity contribution in [2.45, 2.75) is 31.6 Å². The third kappa shape index (κ3) is 4.33. The normalized spacial score (nSPS) is 11.8. The third-order valence-corrected chi connectivity index (χ3v) is 5.80. The van der Waals surface area contributed by atoms with Crippen molar-refractivity contribution in [3.8, 4) is 0 Å². The molecule has 2 aromatic carbocycles. The van der Waals surface area contributed by atoms with Gasteiger partial charge < -0.3 is 5.32 Å². The lowest BCUT2D eigenvalue weighted by Gasteiger charge is -2.20. The Morgan fingerprint density at radius 3 is 2.46 bits per heavy atom. The molecule has 0 aliphatic carbocycles. The van der Waals surface area contributed by atoms with Crippen LogP contribution >= 0.6 is 0 Å². The summed E-state index contributed by atoms with van der Waals surface area (Å²) in [6, 6.07) is 12.6. The molecule has 0 aromatic heterocycles. The second-order valence-electron chi connectivity index (χ2n) is 5.64. The predicted molar refractivity (Wildman–Crippen MR) is 96.3 cm³/mol. The first-order chi connectivity index (χ1) is 11.5. The van der Waals surface area contributed by atoms with E-state index in [0.29, 0.717) is 6.54 Å². The number of carbonyl (C=O) groups is 1. The number of nitrogens with zero attached hydrogens (tertiary/aromatic N) is 1. The fourth-order valence-corrected chi connectivity index (χ4v) is 3.91. The van der Waals surface area contributed by atoms with E-state index >= 15 is 0 Å². The van der Waals surface area contributed by atoms with Crippen LogP contribution in [-0.4, -0.2) is 38.3 Å². The molecule has 0 fully saturated rings. The summed E-state index contributed by atoms with van der Waals surface area (Å²) in [5.74, 6) is -0.269. The summed E-state index contributed by atoms with van der Waals surface area (Å²) in [4.78, 5) is 12.2. The van der Waals surface area contributed by atoms with Crippen LogP contribution < -0.4 is 5.32 Å². The van der Waals surface area contributed by atoms with E-state index in [1.807, 2.05) is 31.2 Å². The molecule has 24 heavy (non-hydrogen) atoms. The van der Waals surface area contributed by atoms with Crippen molar-refractivity contribution < 1.29 is 13.2 Å². The maximum atomic E-state index is 12.8. The first-order valence-corrected chi connectivity index (χ1v) is 9.68. The molecule has 0 saturated carbocycles. The number of hydrogen-bond acceptors (Lipinski definition) is 3. The van der Waals surface area contributed by atoms with Gasteiger partial charge in [-0.1, -0.05) is 50.6 Å². The van der Waals surface area contributed by atoms with Crippen LogP contribution in [0.4, 0.5) is 0 Å². The van der Waals surface area contributed by atoms with Crippen LogP contribution in [0, 0.1) is 0 Å². The SMILES string of the molecule is CCCCNC(=O)CN(CC)S(=O)(=O)c1ccc2ccccc2c1. The number of sulfonamides is 1. The molecule has 0 aliphatic heterocycles. The summed E-state index contributed by atoms with van der Waals surface area (Å²) >= 11 is 0. The Balaban J connectivity index is 2.20. The van der Waals surface area contributed by atoms with E-state index in [1.54, 1.807) is 25.1 Å². The van der Waals surface area contributed by atoms with Gasteiger partial charge in [0.25, 0.3) is 0 Å². The Hall–Kier alpha value is -1.92. The fraction of sp³-hybridized carbons (Fsp3) is 0.389. The van der Waals surface area contributed by atoms with Gasteiger partial charge in [-0.2, -0.15) is 4.31 Å². The van der Waals surface area contributed by atoms with E-state index in [-0.39, 0.29) is 23.9 Å². The lowest BCUT2D eigenvalue weighted by molar-refractivity contribution is -0.121. The second-order valence-corrected chi connectivity index (χ2v) is 7.58. The number of benzene rings is 2. The van der Waals surface area contributed by atoms with Gasteiger partial charge in [0.05, 0.1) is 11.4 Å². The van der Waals surface area contributed by atoms with Crippen molar-refractivity contribution in [1.82, 2.24) is 9.62 Å². The smallest absolute Gasteiger partial charge is 0.243 e. The zero-order chi connectivity index (χ0) is 17.6. The molecular formula is C18H24N2O3S. The molecular weight excluding hydrogens is 324 g/mol. The molecule has 5 nitrogen and oxygen atoms in total. The summed E-state index contributed by atoms with van der Waals surface area (Å²) in [5, 5.41) is 4.60. The Morgan fingerprint density at radius 2 is 1.79 bits per heavy atom. The molecule has 1 amide bonds. The molecule has 6 heteroatoms. The lowest BCUT2D eigenvalue weighted by Crippen LogP contribution is -2.40. The average molecular weight is 348 g/mol. The van der Waals surface area contributed by atoms with Crippen LogP contribution in [0.2, 0.25) is 0 Å². The molecule has 0 atom stereocenters. The molecule has 130 valence electrons. The molecule has 0 radical (unpaired) electrons. The van der Waals surface area contributed by atoms with E-state index in [1.165, 1.54) is 4.31 Å². The largest absolute Gasteiger partial charge is 0.355 e. The summed E-state index contributed by atoms with van der Waals surface area (Å²) < 4.78 is 26.8. The van der Waals surface area contributed by atoms with Crippen LogP contribution in [0.5, 0.6) is 0 Å². The van der Waals surface area contributed by atoms with Crippen molar-refractivity contribution >= 4 is 26.7 Å². The average Bonchev–Trinajstić information content (AvgIpc) is 2.59. The first-order valence-electron chi connectivity index (χ1n) is 8.24. The standard InChI is InChI=1S/C18H24N2O3S/c1-3-5-12-19-18(21)14-20(4-2)24(22,23)17-11-10-15-8-6-7-9-16(15)13-17/h6-11,13H,3-5,12,14H2,1-2H3,(H,19,21). The number of hydrogen-bond donors (Lipinski definition) is 1. The zero-order valence-corrected chi connectivity index (χ0v) is 15.0. The van der Waals surface area contributed by atoms with Crippen LogP contribution in [0.3, 0.4) is 0 Å². The highest BCUT2D eigenvalue weighted by Crippen LogP contribution is 2.21. The van der Waals surface area contributed by atoms with Crippen LogP contribution in [0.15, 0.2) is 47.4 Å². The Kier molecular flexibility index (Phi) is 6.34. The first kappa shape index (κ1) is 18.4. The summed E-state index contributed by atoms with van der Waals surface area (Å²) in [6.45, 7) is 4.43. The molecule has 0 bridgehead atoms. The van der Waals surface area contributed by atoms with Crippen LogP contribution in [0.1, 0.15) is 26.7 Å². The molecule has 0 heterocycles. The maximum Gasteiger partial charge on any atom is 0.243 e. The minimum Gasteiger partial charge on any atom is -0.355 e. The molecule has 2 aromatic rings. The number of rotatable bonds is 8. The van der Waals surface area contributed by atoms with Crippen molar-refractivity contribution in [1.29, 1.82) is 0 Å². The van der Waals surface area contributed by atoms with Crippen molar-refractivity contribution in [3.63, 3.8) is 0 Å². The quantitative estimate of drug-likeness (QED) is 0.746. The Bertz CT molecular complexity index is 803. The molecule has 0 spiro atoms. The van der Waals surface area contributed by atoms with Crippen molar-refractivity contribution in [2.24, 2.45) is 0 Å². The number of nitrogens with one attached hydrogen (secondary N) is 1. The van der Waals surface area contributed by atoms with Crippen molar-refractivity contribution in [2.75, 3.05) is 19.6 Å². The van der Waals surface area contributed by atoms with Gasteiger partial charge in [0.2, 0.25) is 15.9 Å².